The monoisotopic (exact) mass is 780 g/mol. The maximum absolute atomic E-state index is 11.3. The smallest absolute Gasteiger partial charge is 0.186 e. The highest BCUT2D eigenvalue weighted by Crippen LogP contribution is 2.25. The topological polar surface area (TPSA) is 189 Å². The van der Waals surface area contributed by atoms with Crippen molar-refractivity contribution in [1.29, 1.82) is 0 Å². The van der Waals surface area contributed by atoms with Gasteiger partial charge in [0.05, 0.1) is 38.7 Å². The van der Waals surface area contributed by atoms with Crippen LogP contribution >= 0.6 is 0 Å². The number of benzene rings is 1. The summed E-state index contributed by atoms with van der Waals surface area (Å²) in [6, 6.07) is 9.29. The Kier molecular flexibility index (Phi) is 25.1. The molecule has 0 spiro atoms. The predicted molar refractivity (Wildman–Crippen MR) is 210 cm³/mol. The standard InChI is InChI=1S/C42H73N3O10/c1-2-3-4-5-6-7-8-9-10-11-14-20-25-36(47)38(48)35(32-54-42-41(51)40(50)39(49)37(29-46)55-42)45-28-34(43-44-45)31-53-27-22-16-13-12-15-21-26-52-30-33-23-18-17-19-24-33/h17-19,23-24,28,35-42,46-51H,2-16,20-22,25-27,29-32H2,1H3/t35-,36+,37+,38-,39-,40-,41+,42-/m0/s1. The normalized spacial score (nSPS) is 21.8. The average Bonchev–Trinajstić information content (AvgIpc) is 3.67. The molecule has 0 aliphatic carbocycles. The van der Waals surface area contributed by atoms with Gasteiger partial charge in [-0.15, -0.1) is 5.10 Å². The van der Waals surface area contributed by atoms with Crippen molar-refractivity contribution in [2.45, 2.75) is 191 Å². The van der Waals surface area contributed by atoms with Gasteiger partial charge in [0.25, 0.3) is 0 Å². The molecule has 13 nitrogen and oxygen atoms in total. The second kappa shape index (κ2) is 29.2. The third kappa shape index (κ3) is 18.8. The number of hydrogen-bond acceptors (Lipinski definition) is 12. The van der Waals surface area contributed by atoms with Crippen LogP contribution in [-0.2, 0) is 32.2 Å². The molecule has 1 aromatic heterocycles. The molecule has 8 atom stereocenters. The maximum atomic E-state index is 11.3. The number of ether oxygens (including phenoxy) is 4. The Hall–Kier alpha value is -2.04. The number of aliphatic hydroxyl groups is 6. The molecule has 13 heteroatoms. The van der Waals surface area contributed by atoms with Crippen molar-refractivity contribution in [3.8, 4) is 0 Å². The molecular weight excluding hydrogens is 706 g/mol. The lowest BCUT2D eigenvalue weighted by Crippen LogP contribution is -2.59. The van der Waals surface area contributed by atoms with Crippen molar-refractivity contribution < 1.29 is 49.6 Å². The van der Waals surface area contributed by atoms with Gasteiger partial charge in [-0.2, -0.15) is 0 Å². The first-order valence-corrected chi connectivity index (χ1v) is 21.2. The fourth-order valence-corrected chi connectivity index (χ4v) is 6.95. The van der Waals surface area contributed by atoms with Crippen LogP contribution < -0.4 is 0 Å². The SMILES string of the molecule is CCCCCCCCCCCCCC[C@@H](O)[C@@H](O)[C@H](CO[C@H]1O[C@H](CO)[C@H](O)[C@H](O)[C@H]1O)n1cc(COCCCCCCCCOCc2ccccc2)nn1. The molecular formula is C42H73N3O10. The number of aliphatic hydroxyl groups excluding tert-OH is 6. The van der Waals surface area contributed by atoms with Crippen LogP contribution in [0.5, 0.6) is 0 Å². The predicted octanol–water partition coefficient (Wildman–Crippen LogP) is 5.52. The number of hydrogen-bond donors (Lipinski definition) is 6. The number of unbranched alkanes of at least 4 members (excludes halogenated alkanes) is 16. The fraction of sp³-hybridized carbons (Fsp3) is 0.810. The zero-order valence-electron chi connectivity index (χ0n) is 33.4. The molecule has 1 saturated heterocycles. The van der Waals surface area contributed by atoms with Gasteiger partial charge in [0.15, 0.2) is 6.29 Å². The summed E-state index contributed by atoms with van der Waals surface area (Å²) in [5.74, 6) is 0. The zero-order chi connectivity index (χ0) is 39.5. The average molecular weight is 780 g/mol. The number of nitrogens with zero attached hydrogens (tertiary/aromatic N) is 3. The van der Waals surface area contributed by atoms with E-state index in [1.807, 2.05) is 18.2 Å². The van der Waals surface area contributed by atoms with Gasteiger partial charge in [0.2, 0.25) is 0 Å². The molecule has 1 aromatic carbocycles. The van der Waals surface area contributed by atoms with E-state index in [0.717, 1.165) is 64.4 Å². The minimum absolute atomic E-state index is 0.233. The van der Waals surface area contributed by atoms with E-state index in [1.165, 1.54) is 68.0 Å². The highest BCUT2D eigenvalue weighted by molar-refractivity contribution is 5.13. The summed E-state index contributed by atoms with van der Waals surface area (Å²) in [7, 11) is 0. The van der Waals surface area contributed by atoms with E-state index in [1.54, 1.807) is 6.20 Å². The van der Waals surface area contributed by atoms with Crippen LogP contribution in [0, 0.1) is 0 Å². The lowest BCUT2D eigenvalue weighted by atomic mass is 9.98. The lowest BCUT2D eigenvalue weighted by molar-refractivity contribution is -0.304. The summed E-state index contributed by atoms with van der Waals surface area (Å²) in [6.45, 7) is 3.63. The quantitative estimate of drug-likeness (QED) is 0.0499. The molecule has 0 amide bonds. The molecule has 2 aromatic rings. The van der Waals surface area contributed by atoms with Crippen molar-refractivity contribution in [2.75, 3.05) is 26.4 Å². The first-order chi connectivity index (χ1) is 26.8. The van der Waals surface area contributed by atoms with Gasteiger partial charge in [0, 0.05) is 13.2 Å². The van der Waals surface area contributed by atoms with Crippen LogP contribution in [0.15, 0.2) is 36.5 Å². The molecule has 3 rings (SSSR count). The Morgan fingerprint density at radius 3 is 1.87 bits per heavy atom. The number of rotatable bonds is 33. The summed E-state index contributed by atoms with van der Waals surface area (Å²) in [6.07, 6.45) is 13.2. The van der Waals surface area contributed by atoms with Gasteiger partial charge in [0.1, 0.15) is 42.3 Å². The second-order valence-corrected chi connectivity index (χ2v) is 15.2. The Balaban J connectivity index is 1.39. The summed E-state index contributed by atoms with van der Waals surface area (Å²) < 4.78 is 24.3. The van der Waals surface area contributed by atoms with Crippen LogP contribution in [0.1, 0.15) is 146 Å². The third-order valence-corrected chi connectivity index (χ3v) is 10.5. The highest BCUT2D eigenvalue weighted by Gasteiger charge is 2.44. The van der Waals surface area contributed by atoms with E-state index in [0.29, 0.717) is 25.3 Å². The van der Waals surface area contributed by atoms with Gasteiger partial charge >= 0.3 is 0 Å². The summed E-state index contributed by atoms with van der Waals surface area (Å²) >= 11 is 0. The highest BCUT2D eigenvalue weighted by atomic mass is 16.7. The Bertz CT molecular complexity index is 1190. The van der Waals surface area contributed by atoms with Crippen molar-refractivity contribution in [3.63, 3.8) is 0 Å². The summed E-state index contributed by atoms with van der Waals surface area (Å²) in [5, 5.41) is 71.2. The summed E-state index contributed by atoms with van der Waals surface area (Å²) in [4.78, 5) is 0. The van der Waals surface area contributed by atoms with Crippen molar-refractivity contribution in [2.24, 2.45) is 0 Å². The molecule has 0 saturated carbocycles. The minimum Gasteiger partial charge on any atom is -0.394 e. The molecule has 316 valence electrons. The Labute approximate surface area is 329 Å². The molecule has 55 heavy (non-hydrogen) atoms. The van der Waals surface area contributed by atoms with Gasteiger partial charge in [-0.05, 0) is 24.8 Å². The molecule has 6 N–H and O–H groups in total. The van der Waals surface area contributed by atoms with Gasteiger partial charge in [-0.1, -0.05) is 145 Å². The molecule has 0 bridgehead atoms. The van der Waals surface area contributed by atoms with Crippen molar-refractivity contribution in [1.82, 2.24) is 15.0 Å². The van der Waals surface area contributed by atoms with Crippen molar-refractivity contribution in [3.05, 3.63) is 47.8 Å². The minimum atomic E-state index is -1.60. The fourth-order valence-electron chi connectivity index (χ4n) is 6.95. The lowest BCUT2D eigenvalue weighted by Gasteiger charge is -2.40. The van der Waals surface area contributed by atoms with Crippen molar-refractivity contribution >= 4 is 0 Å². The maximum Gasteiger partial charge on any atom is 0.186 e. The van der Waals surface area contributed by atoms with Crippen LogP contribution in [-0.4, -0.2) is 115 Å². The van der Waals surface area contributed by atoms with Gasteiger partial charge in [-0.3, -0.25) is 0 Å². The molecule has 1 aliphatic rings. The van der Waals surface area contributed by atoms with E-state index in [4.69, 9.17) is 18.9 Å². The van der Waals surface area contributed by atoms with E-state index >= 15 is 0 Å². The zero-order valence-corrected chi connectivity index (χ0v) is 33.4. The molecule has 0 unspecified atom stereocenters. The van der Waals surface area contributed by atoms with Crippen LogP contribution in [0.2, 0.25) is 0 Å². The first-order valence-electron chi connectivity index (χ1n) is 21.2. The second-order valence-electron chi connectivity index (χ2n) is 15.2. The first kappa shape index (κ1) is 47.3. The van der Waals surface area contributed by atoms with Gasteiger partial charge < -0.3 is 49.6 Å². The largest absolute Gasteiger partial charge is 0.394 e. The molecule has 0 radical (unpaired) electrons. The third-order valence-electron chi connectivity index (χ3n) is 10.5. The van der Waals surface area contributed by atoms with E-state index in [9.17, 15) is 30.6 Å². The van der Waals surface area contributed by atoms with Crippen LogP contribution in [0.4, 0.5) is 0 Å². The summed E-state index contributed by atoms with van der Waals surface area (Å²) in [5.41, 5.74) is 1.75. The molecule has 1 aliphatic heterocycles. The van der Waals surface area contributed by atoms with E-state index in [2.05, 4.69) is 29.4 Å². The molecule has 2 heterocycles. The van der Waals surface area contributed by atoms with E-state index < -0.39 is 55.6 Å². The Morgan fingerprint density at radius 2 is 1.27 bits per heavy atom. The van der Waals surface area contributed by atoms with Crippen LogP contribution in [0.25, 0.3) is 0 Å². The Morgan fingerprint density at radius 1 is 0.709 bits per heavy atom. The van der Waals surface area contributed by atoms with E-state index in [-0.39, 0.29) is 13.2 Å². The van der Waals surface area contributed by atoms with Gasteiger partial charge in [-0.25, -0.2) is 4.68 Å². The number of aromatic nitrogens is 3. The van der Waals surface area contributed by atoms with Crippen LogP contribution in [0.3, 0.4) is 0 Å². The molecule has 1 fully saturated rings.